The van der Waals surface area contributed by atoms with Gasteiger partial charge in [0.25, 0.3) is 10.2 Å². The maximum absolute atomic E-state index is 12.6. The predicted octanol–water partition coefficient (Wildman–Crippen LogP) is 0.794. The second-order valence-electron chi connectivity index (χ2n) is 5.08. The topological polar surface area (TPSA) is 102 Å². The van der Waals surface area contributed by atoms with Gasteiger partial charge >= 0.3 is 5.97 Å². The first-order chi connectivity index (χ1) is 9.32. The standard InChI is InChI=1S/C12H21N3O4S/c1-10(2)14(9-5-7-13)20(18,19)15-8-4-3-6-11(15)12(16)17/h10-11H,3-6,8-9H2,1-2H3,(H,16,17). The Hall–Kier alpha value is -1.17. The summed E-state index contributed by atoms with van der Waals surface area (Å²) >= 11 is 0. The summed E-state index contributed by atoms with van der Waals surface area (Å²) in [5.74, 6) is -1.11. The molecule has 1 atom stereocenters. The number of nitrogens with zero attached hydrogens (tertiary/aromatic N) is 3. The van der Waals surface area contributed by atoms with E-state index in [2.05, 4.69) is 0 Å². The van der Waals surface area contributed by atoms with Gasteiger partial charge in [-0.1, -0.05) is 0 Å². The van der Waals surface area contributed by atoms with Crippen LogP contribution in [-0.4, -0.2) is 53.3 Å². The van der Waals surface area contributed by atoms with Crippen molar-refractivity contribution in [3.8, 4) is 6.07 Å². The van der Waals surface area contributed by atoms with Gasteiger partial charge in [0.15, 0.2) is 0 Å². The van der Waals surface area contributed by atoms with Crippen LogP contribution in [0.2, 0.25) is 0 Å². The highest BCUT2D eigenvalue weighted by atomic mass is 32.2. The van der Waals surface area contributed by atoms with Crippen LogP contribution in [0, 0.1) is 11.3 Å². The normalized spacial score (nSPS) is 21.1. The zero-order valence-corrected chi connectivity index (χ0v) is 12.6. The van der Waals surface area contributed by atoms with Gasteiger partial charge in [-0.3, -0.25) is 4.79 Å². The van der Waals surface area contributed by atoms with Crippen LogP contribution in [0.4, 0.5) is 0 Å². The number of carboxylic acid groups (broad SMARTS) is 1. The Morgan fingerprint density at radius 1 is 1.50 bits per heavy atom. The van der Waals surface area contributed by atoms with Gasteiger partial charge in [0, 0.05) is 25.6 Å². The van der Waals surface area contributed by atoms with Crippen molar-refractivity contribution in [2.45, 2.75) is 51.6 Å². The van der Waals surface area contributed by atoms with Gasteiger partial charge in [0.2, 0.25) is 0 Å². The molecule has 1 unspecified atom stereocenters. The van der Waals surface area contributed by atoms with E-state index < -0.39 is 22.2 Å². The Balaban J connectivity index is 3.04. The molecular weight excluding hydrogens is 282 g/mol. The molecule has 20 heavy (non-hydrogen) atoms. The number of nitriles is 1. The lowest BCUT2D eigenvalue weighted by atomic mass is 10.1. The molecule has 1 fully saturated rings. The molecule has 1 saturated heterocycles. The summed E-state index contributed by atoms with van der Waals surface area (Å²) in [4.78, 5) is 11.2. The van der Waals surface area contributed by atoms with Gasteiger partial charge in [-0.15, -0.1) is 0 Å². The minimum atomic E-state index is -3.86. The number of hydrogen-bond donors (Lipinski definition) is 1. The van der Waals surface area contributed by atoms with E-state index in [1.165, 1.54) is 4.31 Å². The van der Waals surface area contributed by atoms with Crippen molar-refractivity contribution in [1.82, 2.24) is 8.61 Å². The number of carbonyl (C=O) groups is 1. The zero-order chi connectivity index (χ0) is 15.3. The summed E-state index contributed by atoms with van der Waals surface area (Å²) in [6, 6.07) is 0.603. The average molecular weight is 303 g/mol. The van der Waals surface area contributed by atoms with Crippen LogP contribution in [0.15, 0.2) is 0 Å². The van der Waals surface area contributed by atoms with E-state index >= 15 is 0 Å². The fourth-order valence-electron chi connectivity index (χ4n) is 2.36. The number of piperidine rings is 1. The summed E-state index contributed by atoms with van der Waals surface area (Å²) in [7, 11) is -3.86. The Labute approximate surface area is 120 Å². The van der Waals surface area contributed by atoms with Crippen LogP contribution in [-0.2, 0) is 15.0 Å². The third kappa shape index (κ3) is 3.69. The Bertz CT molecular complexity index is 483. The average Bonchev–Trinajstić information content (AvgIpc) is 2.38. The number of hydrogen-bond acceptors (Lipinski definition) is 4. The molecule has 1 heterocycles. The molecule has 0 aromatic carbocycles. The Morgan fingerprint density at radius 2 is 2.15 bits per heavy atom. The van der Waals surface area contributed by atoms with Crippen LogP contribution < -0.4 is 0 Å². The molecule has 0 aliphatic carbocycles. The molecular formula is C12H21N3O4S. The minimum Gasteiger partial charge on any atom is -0.480 e. The molecule has 114 valence electrons. The first-order valence-corrected chi connectivity index (χ1v) is 8.10. The van der Waals surface area contributed by atoms with Crippen molar-refractivity contribution in [3.05, 3.63) is 0 Å². The summed E-state index contributed by atoms with van der Waals surface area (Å²) in [5.41, 5.74) is 0. The van der Waals surface area contributed by atoms with E-state index in [0.29, 0.717) is 19.3 Å². The molecule has 8 heteroatoms. The van der Waals surface area contributed by atoms with Gasteiger partial charge in [-0.05, 0) is 33.1 Å². The van der Waals surface area contributed by atoms with Gasteiger partial charge in [-0.2, -0.15) is 22.3 Å². The van der Waals surface area contributed by atoms with Crippen LogP contribution in [0.1, 0.15) is 39.5 Å². The fraction of sp³-hybridized carbons (Fsp3) is 0.833. The van der Waals surface area contributed by atoms with Gasteiger partial charge in [0.05, 0.1) is 6.07 Å². The molecule has 1 N–H and O–H groups in total. The lowest BCUT2D eigenvalue weighted by Gasteiger charge is -2.37. The molecule has 0 saturated carbocycles. The summed E-state index contributed by atoms with van der Waals surface area (Å²) < 4.78 is 27.5. The summed E-state index contributed by atoms with van der Waals surface area (Å²) in [6.45, 7) is 3.73. The van der Waals surface area contributed by atoms with Crippen molar-refractivity contribution in [1.29, 1.82) is 5.26 Å². The number of carboxylic acids is 1. The number of rotatable bonds is 6. The Kier molecular flexibility index (Phi) is 5.92. The summed E-state index contributed by atoms with van der Waals surface area (Å²) in [6.07, 6.45) is 1.79. The maximum Gasteiger partial charge on any atom is 0.322 e. The van der Waals surface area contributed by atoms with Crippen molar-refractivity contribution in [3.63, 3.8) is 0 Å². The second-order valence-corrected chi connectivity index (χ2v) is 6.91. The molecule has 0 aromatic rings. The molecule has 7 nitrogen and oxygen atoms in total. The van der Waals surface area contributed by atoms with Crippen molar-refractivity contribution < 1.29 is 18.3 Å². The second kappa shape index (κ2) is 7.02. The maximum atomic E-state index is 12.6. The van der Waals surface area contributed by atoms with Crippen LogP contribution >= 0.6 is 0 Å². The van der Waals surface area contributed by atoms with E-state index in [1.807, 2.05) is 6.07 Å². The van der Waals surface area contributed by atoms with Crippen LogP contribution in [0.5, 0.6) is 0 Å². The van der Waals surface area contributed by atoms with Crippen molar-refractivity contribution in [2.75, 3.05) is 13.1 Å². The van der Waals surface area contributed by atoms with Crippen LogP contribution in [0.3, 0.4) is 0 Å². The van der Waals surface area contributed by atoms with E-state index in [9.17, 15) is 18.3 Å². The van der Waals surface area contributed by atoms with E-state index in [1.54, 1.807) is 13.8 Å². The predicted molar refractivity (Wildman–Crippen MR) is 73.0 cm³/mol. The largest absolute Gasteiger partial charge is 0.480 e. The third-order valence-electron chi connectivity index (χ3n) is 3.35. The first kappa shape index (κ1) is 16.9. The monoisotopic (exact) mass is 303 g/mol. The highest BCUT2D eigenvalue weighted by Crippen LogP contribution is 2.24. The van der Waals surface area contributed by atoms with Gasteiger partial charge < -0.3 is 5.11 Å². The van der Waals surface area contributed by atoms with Crippen molar-refractivity contribution >= 4 is 16.2 Å². The lowest BCUT2D eigenvalue weighted by Crippen LogP contribution is -2.55. The highest BCUT2D eigenvalue weighted by molar-refractivity contribution is 7.86. The fourth-order valence-corrected chi connectivity index (χ4v) is 4.36. The number of aliphatic carboxylic acids is 1. The SMILES string of the molecule is CC(C)N(CCC#N)S(=O)(=O)N1CCCCC1C(=O)O. The highest BCUT2D eigenvalue weighted by Gasteiger charge is 2.40. The first-order valence-electron chi connectivity index (χ1n) is 6.70. The quantitative estimate of drug-likeness (QED) is 0.781. The molecule has 1 aliphatic rings. The molecule has 0 bridgehead atoms. The molecule has 0 amide bonds. The van der Waals surface area contributed by atoms with Gasteiger partial charge in [-0.25, -0.2) is 0 Å². The van der Waals surface area contributed by atoms with Crippen molar-refractivity contribution in [2.24, 2.45) is 0 Å². The molecule has 0 aromatic heterocycles. The molecule has 0 spiro atoms. The third-order valence-corrected chi connectivity index (χ3v) is 5.58. The molecule has 0 radical (unpaired) electrons. The minimum absolute atomic E-state index is 0.0827. The lowest BCUT2D eigenvalue weighted by molar-refractivity contribution is -0.142. The van der Waals surface area contributed by atoms with Gasteiger partial charge in [0.1, 0.15) is 6.04 Å². The summed E-state index contributed by atoms with van der Waals surface area (Å²) in [5, 5.41) is 17.8. The van der Waals surface area contributed by atoms with Crippen LogP contribution in [0.25, 0.3) is 0 Å². The van der Waals surface area contributed by atoms with E-state index in [4.69, 9.17) is 5.26 Å². The van der Waals surface area contributed by atoms with E-state index in [-0.39, 0.29) is 25.6 Å². The Morgan fingerprint density at radius 3 is 2.65 bits per heavy atom. The van der Waals surface area contributed by atoms with E-state index in [0.717, 1.165) is 4.31 Å². The molecule has 1 aliphatic heterocycles. The smallest absolute Gasteiger partial charge is 0.322 e. The molecule has 1 rings (SSSR count). The zero-order valence-electron chi connectivity index (χ0n) is 11.8.